The summed E-state index contributed by atoms with van der Waals surface area (Å²) in [6, 6.07) is 14.3. The maximum absolute atomic E-state index is 5.84. The van der Waals surface area contributed by atoms with E-state index in [0.717, 1.165) is 10.9 Å². The SMILES string of the molecule is NCC1(c2cccc3ccccc23)OCCO1. The average molecular weight is 229 g/mol. The van der Waals surface area contributed by atoms with Gasteiger partial charge in [-0.15, -0.1) is 0 Å². The van der Waals surface area contributed by atoms with Gasteiger partial charge < -0.3 is 15.2 Å². The molecular weight excluding hydrogens is 214 g/mol. The Morgan fingerprint density at radius 3 is 2.47 bits per heavy atom. The fourth-order valence-electron chi connectivity index (χ4n) is 2.40. The van der Waals surface area contributed by atoms with Crippen molar-refractivity contribution in [2.24, 2.45) is 5.73 Å². The zero-order valence-electron chi connectivity index (χ0n) is 9.56. The summed E-state index contributed by atoms with van der Waals surface area (Å²) in [5.41, 5.74) is 6.87. The molecule has 88 valence electrons. The van der Waals surface area contributed by atoms with Crippen LogP contribution in [-0.2, 0) is 15.3 Å². The summed E-state index contributed by atoms with van der Waals surface area (Å²) in [6.07, 6.45) is 0. The van der Waals surface area contributed by atoms with Crippen molar-refractivity contribution < 1.29 is 9.47 Å². The zero-order valence-corrected chi connectivity index (χ0v) is 9.56. The summed E-state index contributed by atoms with van der Waals surface area (Å²) >= 11 is 0. The van der Waals surface area contributed by atoms with Crippen LogP contribution >= 0.6 is 0 Å². The molecule has 0 radical (unpaired) electrons. The first-order valence-corrected chi connectivity index (χ1v) is 5.82. The smallest absolute Gasteiger partial charge is 0.208 e. The summed E-state index contributed by atoms with van der Waals surface area (Å²) in [4.78, 5) is 0. The van der Waals surface area contributed by atoms with Gasteiger partial charge in [-0.2, -0.15) is 0 Å². The van der Waals surface area contributed by atoms with E-state index in [4.69, 9.17) is 15.2 Å². The Kier molecular flexibility index (Phi) is 2.59. The number of hydrogen-bond acceptors (Lipinski definition) is 3. The highest BCUT2D eigenvalue weighted by molar-refractivity contribution is 5.86. The number of hydrogen-bond donors (Lipinski definition) is 1. The molecule has 1 saturated heterocycles. The Balaban J connectivity index is 2.22. The summed E-state index contributed by atoms with van der Waals surface area (Å²) in [6.45, 7) is 1.53. The lowest BCUT2D eigenvalue weighted by Crippen LogP contribution is -2.36. The molecule has 1 heterocycles. The van der Waals surface area contributed by atoms with E-state index in [1.165, 1.54) is 5.39 Å². The molecule has 3 nitrogen and oxygen atoms in total. The van der Waals surface area contributed by atoms with E-state index in [1.807, 2.05) is 24.3 Å². The minimum absolute atomic E-state index is 0.334. The van der Waals surface area contributed by atoms with E-state index in [0.29, 0.717) is 19.8 Å². The van der Waals surface area contributed by atoms with Crippen LogP contribution in [0.3, 0.4) is 0 Å². The predicted octanol–water partition coefficient (Wildman–Crippen LogP) is 2.00. The molecule has 1 fully saturated rings. The Morgan fingerprint density at radius 1 is 1.00 bits per heavy atom. The first kappa shape index (κ1) is 10.7. The third-order valence-electron chi connectivity index (χ3n) is 3.22. The standard InChI is InChI=1S/C14H15NO2/c15-10-14(16-8-9-17-14)13-7-3-5-11-4-1-2-6-12(11)13/h1-7H,8-10,15H2. The second kappa shape index (κ2) is 4.11. The molecule has 3 heteroatoms. The summed E-state index contributed by atoms with van der Waals surface area (Å²) in [5, 5.41) is 2.32. The molecule has 1 aliphatic heterocycles. The molecule has 3 rings (SSSR count). The van der Waals surface area contributed by atoms with Crippen LogP contribution in [0, 0.1) is 0 Å². The van der Waals surface area contributed by atoms with Crippen LogP contribution in [-0.4, -0.2) is 19.8 Å². The fourth-order valence-corrected chi connectivity index (χ4v) is 2.40. The van der Waals surface area contributed by atoms with Crippen LogP contribution in [0.2, 0.25) is 0 Å². The van der Waals surface area contributed by atoms with Crippen molar-refractivity contribution in [2.45, 2.75) is 5.79 Å². The van der Waals surface area contributed by atoms with Crippen molar-refractivity contribution in [3.8, 4) is 0 Å². The highest BCUT2D eigenvalue weighted by Gasteiger charge is 2.38. The van der Waals surface area contributed by atoms with E-state index in [2.05, 4.69) is 18.2 Å². The molecule has 1 aliphatic rings. The van der Waals surface area contributed by atoms with Crippen molar-refractivity contribution in [1.29, 1.82) is 0 Å². The molecule has 0 aliphatic carbocycles. The topological polar surface area (TPSA) is 44.5 Å². The third kappa shape index (κ3) is 1.63. The van der Waals surface area contributed by atoms with Crippen LogP contribution < -0.4 is 5.73 Å². The minimum atomic E-state index is -0.763. The van der Waals surface area contributed by atoms with E-state index >= 15 is 0 Å². The first-order chi connectivity index (χ1) is 8.36. The van der Waals surface area contributed by atoms with Gasteiger partial charge >= 0.3 is 0 Å². The number of nitrogens with two attached hydrogens (primary N) is 1. The highest BCUT2D eigenvalue weighted by atomic mass is 16.7. The molecule has 2 aromatic rings. The molecule has 17 heavy (non-hydrogen) atoms. The predicted molar refractivity (Wildman–Crippen MR) is 66.6 cm³/mol. The van der Waals surface area contributed by atoms with Gasteiger partial charge in [-0.1, -0.05) is 42.5 Å². The van der Waals surface area contributed by atoms with Crippen LogP contribution in [0.4, 0.5) is 0 Å². The van der Waals surface area contributed by atoms with Gasteiger partial charge in [0.05, 0.1) is 19.8 Å². The van der Waals surface area contributed by atoms with Gasteiger partial charge in [-0.05, 0) is 10.8 Å². The number of benzene rings is 2. The molecule has 0 spiro atoms. The Labute approximate surface area is 100 Å². The van der Waals surface area contributed by atoms with Crippen molar-refractivity contribution in [3.05, 3.63) is 48.0 Å². The summed E-state index contributed by atoms with van der Waals surface area (Å²) < 4.78 is 11.5. The van der Waals surface area contributed by atoms with Crippen LogP contribution in [0.15, 0.2) is 42.5 Å². The first-order valence-electron chi connectivity index (χ1n) is 5.82. The molecule has 0 bridgehead atoms. The summed E-state index contributed by atoms with van der Waals surface area (Å²) in [7, 11) is 0. The fraction of sp³-hybridized carbons (Fsp3) is 0.286. The molecule has 0 atom stereocenters. The Morgan fingerprint density at radius 2 is 1.71 bits per heavy atom. The average Bonchev–Trinajstić information content (AvgIpc) is 2.88. The van der Waals surface area contributed by atoms with Crippen LogP contribution in [0.5, 0.6) is 0 Å². The quantitative estimate of drug-likeness (QED) is 0.856. The van der Waals surface area contributed by atoms with Gasteiger partial charge in [0.2, 0.25) is 5.79 Å². The van der Waals surface area contributed by atoms with Crippen molar-refractivity contribution >= 4 is 10.8 Å². The van der Waals surface area contributed by atoms with E-state index in [1.54, 1.807) is 0 Å². The van der Waals surface area contributed by atoms with Gasteiger partial charge in [0, 0.05) is 5.56 Å². The lowest BCUT2D eigenvalue weighted by atomic mass is 9.98. The highest BCUT2D eigenvalue weighted by Crippen LogP contribution is 2.35. The second-order valence-corrected chi connectivity index (χ2v) is 4.18. The molecule has 2 N–H and O–H groups in total. The van der Waals surface area contributed by atoms with E-state index in [-0.39, 0.29) is 0 Å². The van der Waals surface area contributed by atoms with Crippen molar-refractivity contribution in [1.82, 2.24) is 0 Å². The van der Waals surface area contributed by atoms with Gasteiger partial charge in [-0.25, -0.2) is 0 Å². The molecule has 0 saturated carbocycles. The third-order valence-corrected chi connectivity index (χ3v) is 3.22. The maximum Gasteiger partial charge on any atom is 0.208 e. The van der Waals surface area contributed by atoms with Crippen molar-refractivity contribution in [3.63, 3.8) is 0 Å². The molecule has 0 aromatic heterocycles. The lowest BCUT2D eigenvalue weighted by molar-refractivity contribution is -0.155. The van der Waals surface area contributed by atoms with E-state index < -0.39 is 5.79 Å². The number of fused-ring (bicyclic) bond motifs is 1. The van der Waals surface area contributed by atoms with Crippen molar-refractivity contribution in [2.75, 3.05) is 19.8 Å². The maximum atomic E-state index is 5.84. The van der Waals surface area contributed by atoms with Gasteiger partial charge in [0.1, 0.15) is 0 Å². The number of rotatable bonds is 2. The number of ether oxygens (including phenoxy) is 2. The molecule has 0 amide bonds. The van der Waals surface area contributed by atoms with Gasteiger partial charge in [0.15, 0.2) is 0 Å². The normalized spacial score (nSPS) is 18.6. The lowest BCUT2D eigenvalue weighted by Gasteiger charge is -2.27. The molecule has 2 aromatic carbocycles. The monoisotopic (exact) mass is 229 g/mol. The van der Waals surface area contributed by atoms with Crippen LogP contribution in [0.1, 0.15) is 5.56 Å². The van der Waals surface area contributed by atoms with Crippen LogP contribution in [0.25, 0.3) is 10.8 Å². The Bertz CT molecular complexity index is 527. The zero-order chi connectivity index (χ0) is 11.7. The Hall–Kier alpha value is -1.42. The van der Waals surface area contributed by atoms with Gasteiger partial charge in [0.25, 0.3) is 0 Å². The second-order valence-electron chi connectivity index (χ2n) is 4.18. The molecule has 0 unspecified atom stereocenters. The minimum Gasteiger partial charge on any atom is -0.342 e. The molecular formula is C14H15NO2. The summed E-state index contributed by atoms with van der Waals surface area (Å²) in [5.74, 6) is -0.763. The largest absolute Gasteiger partial charge is 0.342 e. The van der Waals surface area contributed by atoms with E-state index in [9.17, 15) is 0 Å². The van der Waals surface area contributed by atoms with Gasteiger partial charge in [-0.3, -0.25) is 0 Å².